The smallest absolute Gasteiger partial charge is 0.230 e. The van der Waals surface area contributed by atoms with E-state index >= 15 is 0 Å². The Labute approximate surface area is 136 Å². The normalized spacial score (nSPS) is 10.7. The third kappa shape index (κ3) is 3.48. The lowest BCUT2D eigenvalue weighted by Gasteiger charge is -2.05. The van der Waals surface area contributed by atoms with Crippen LogP contribution in [0, 0.1) is 12.7 Å². The Bertz CT molecular complexity index is 876. The van der Waals surface area contributed by atoms with Crippen molar-refractivity contribution in [1.29, 1.82) is 0 Å². The van der Waals surface area contributed by atoms with E-state index in [2.05, 4.69) is 10.3 Å². The van der Waals surface area contributed by atoms with E-state index in [1.807, 2.05) is 25.1 Å². The molecule has 0 fully saturated rings. The summed E-state index contributed by atoms with van der Waals surface area (Å²) in [5.74, 6) is -0.547. The van der Waals surface area contributed by atoms with Gasteiger partial charge in [-0.1, -0.05) is 23.5 Å². The molecule has 0 aliphatic heterocycles. The summed E-state index contributed by atoms with van der Waals surface area (Å²) in [6.45, 7) is 2.01. The van der Waals surface area contributed by atoms with Crippen molar-refractivity contribution in [3.63, 3.8) is 0 Å². The van der Waals surface area contributed by atoms with Crippen molar-refractivity contribution in [2.24, 2.45) is 0 Å². The number of hydrogen-bond acceptors (Lipinski definition) is 4. The molecule has 6 heteroatoms. The number of carbonyl (C=O) groups excluding carboxylic acids is 1. The third-order valence-corrected chi connectivity index (χ3v) is 4.30. The highest BCUT2D eigenvalue weighted by atomic mass is 32.1. The van der Waals surface area contributed by atoms with Crippen LogP contribution in [0.3, 0.4) is 0 Å². The minimum Gasteiger partial charge on any atom is -0.494 e. The number of amides is 1. The molecule has 2 aromatic carbocycles. The molecule has 3 rings (SSSR count). The van der Waals surface area contributed by atoms with Gasteiger partial charge < -0.3 is 10.1 Å². The molecule has 1 N–H and O–H groups in total. The predicted octanol–water partition coefficient (Wildman–Crippen LogP) is 3.93. The van der Waals surface area contributed by atoms with Gasteiger partial charge in [-0.15, -0.1) is 0 Å². The highest BCUT2D eigenvalue weighted by molar-refractivity contribution is 7.22. The van der Waals surface area contributed by atoms with Crippen molar-refractivity contribution >= 4 is 32.6 Å². The molecule has 0 unspecified atom stereocenters. The highest BCUT2D eigenvalue weighted by Crippen LogP contribution is 2.27. The molecule has 0 radical (unpaired) electrons. The van der Waals surface area contributed by atoms with E-state index in [1.54, 1.807) is 6.07 Å². The van der Waals surface area contributed by atoms with Crippen LogP contribution >= 0.6 is 11.3 Å². The lowest BCUT2D eigenvalue weighted by atomic mass is 10.1. The summed E-state index contributed by atoms with van der Waals surface area (Å²) < 4.78 is 19.5. The monoisotopic (exact) mass is 330 g/mol. The first-order valence-electron chi connectivity index (χ1n) is 7.04. The maximum absolute atomic E-state index is 13.6. The lowest BCUT2D eigenvalue weighted by Crippen LogP contribution is -2.14. The number of hydrogen-bond donors (Lipinski definition) is 1. The van der Waals surface area contributed by atoms with Crippen molar-refractivity contribution in [2.45, 2.75) is 13.3 Å². The second-order valence-electron chi connectivity index (χ2n) is 5.18. The number of nitrogens with one attached hydrogen (secondary N) is 1. The SMILES string of the molecule is COc1ccc(CC(=O)Nc2nc3ccc(C)cc3s2)cc1F. The zero-order chi connectivity index (χ0) is 16.4. The molecular formula is C17H15FN2O2S. The fraction of sp³-hybridized carbons (Fsp3) is 0.176. The maximum Gasteiger partial charge on any atom is 0.230 e. The average molecular weight is 330 g/mol. The molecule has 23 heavy (non-hydrogen) atoms. The minimum absolute atomic E-state index is 0.0792. The van der Waals surface area contributed by atoms with Crippen molar-refractivity contribution in [2.75, 3.05) is 12.4 Å². The summed E-state index contributed by atoms with van der Waals surface area (Å²) in [5.41, 5.74) is 2.58. The largest absolute Gasteiger partial charge is 0.494 e. The Morgan fingerprint density at radius 2 is 2.13 bits per heavy atom. The van der Waals surface area contributed by atoms with E-state index < -0.39 is 5.82 Å². The number of methoxy groups -OCH3 is 1. The van der Waals surface area contributed by atoms with Crippen LogP contribution in [-0.2, 0) is 11.2 Å². The highest BCUT2D eigenvalue weighted by Gasteiger charge is 2.10. The molecule has 1 aromatic heterocycles. The Morgan fingerprint density at radius 3 is 2.87 bits per heavy atom. The van der Waals surface area contributed by atoms with Gasteiger partial charge in [0.15, 0.2) is 16.7 Å². The van der Waals surface area contributed by atoms with E-state index in [4.69, 9.17) is 4.74 Å². The van der Waals surface area contributed by atoms with Gasteiger partial charge >= 0.3 is 0 Å². The number of thiazole rings is 1. The van der Waals surface area contributed by atoms with Crippen molar-refractivity contribution in [1.82, 2.24) is 4.98 Å². The van der Waals surface area contributed by atoms with E-state index in [1.165, 1.54) is 30.6 Å². The van der Waals surface area contributed by atoms with Crippen LogP contribution in [-0.4, -0.2) is 18.0 Å². The number of ether oxygens (including phenoxy) is 1. The first kappa shape index (κ1) is 15.4. The number of aryl methyl sites for hydroxylation is 1. The topological polar surface area (TPSA) is 51.2 Å². The van der Waals surface area contributed by atoms with Crippen LogP contribution in [0.1, 0.15) is 11.1 Å². The molecule has 0 bridgehead atoms. The number of halogens is 1. The molecule has 1 amide bonds. The Balaban J connectivity index is 1.71. The van der Waals surface area contributed by atoms with Crippen LogP contribution in [0.15, 0.2) is 36.4 Å². The molecule has 118 valence electrons. The molecule has 0 saturated heterocycles. The Kier molecular flexibility index (Phi) is 4.25. The molecule has 3 aromatic rings. The number of aromatic nitrogens is 1. The molecule has 0 saturated carbocycles. The lowest BCUT2D eigenvalue weighted by molar-refractivity contribution is -0.115. The van der Waals surface area contributed by atoms with Gasteiger partial charge in [0.2, 0.25) is 5.91 Å². The van der Waals surface area contributed by atoms with Crippen LogP contribution in [0.2, 0.25) is 0 Å². The average Bonchev–Trinajstić information content (AvgIpc) is 2.88. The Hall–Kier alpha value is -2.47. The summed E-state index contributed by atoms with van der Waals surface area (Å²) in [7, 11) is 1.40. The molecule has 0 spiro atoms. The van der Waals surface area contributed by atoms with Crippen molar-refractivity contribution in [3.8, 4) is 5.75 Å². The fourth-order valence-corrected chi connectivity index (χ4v) is 3.23. The summed E-state index contributed by atoms with van der Waals surface area (Å²) in [6, 6.07) is 10.4. The molecule has 0 aliphatic rings. The zero-order valence-corrected chi connectivity index (χ0v) is 13.5. The standard InChI is InChI=1S/C17H15FN2O2S/c1-10-3-5-13-15(7-10)23-17(19-13)20-16(21)9-11-4-6-14(22-2)12(18)8-11/h3-8H,9H2,1-2H3,(H,19,20,21). The Morgan fingerprint density at radius 1 is 1.30 bits per heavy atom. The van der Waals surface area contributed by atoms with Crippen LogP contribution in [0.25, 0.3) is 10.2 Å². The van der Waals surface area contributed by atoms with Crippen molar-refractivity contribution in [3.05, 3.63) is 53.3 Å². The predicted molar refractivity (Wildman–Crippen MR) is 89.6 cm³/mol. The van der Waals surface area contributed by atoms with Gasteiger partial charge in [-0.25, -0.2) is 9.37 Å². The quantitative estimate of drug-likeness (QED) is 0.788. The van der Waals surface area contributed by atoms with Gasteiger partial charge in [0.1, 0.15) is 0 Å². The maximum atomic E-state index is 13.6. The van der Waals surface area contributed by atoms with Crippen LogP contribution in [0.5, 0.6) is 5.75 Å². The molecule has 0 aliphatic carbocycles. The number of carbonyl (C=O) groups is 1. The zero-order valence-electron chi connectivity index (χ0n) is 12.7. The van der Waals surface area contributed by atoms with Gasteiger partial charge in [-0.05, 0) is 42.3 Å². The summed E-state index contributed by atoms with van der Waals surface area (Å²) in [4.78, 5) is 16.5. The number of anilines is 1. The van der Waals surface area contributed by atoms with E-state index in [0.717, 1.165) is 15.8 Å². The van der Waals surface area contributed by atoms with Crippen LogP contribution in [0.4, 0.5) is 9.52 Å². The van der Waals surface area contributed by atoms with Gasteiger partial charge in [-0.2, -0.15) is 0 Å². The first-order chi connectivity index (χ1) is 11.0. The van der Waals surface area contributed by atoms with Gasteiger partial charge in [0.05, 0.1) is 23.7 Å². The van der Waals surface area contributed by atoms with Gasteiger partial charge in [-0.3, -0.25) is 4.79 Å². The third-order valence-electron chi connectivity index (χ3n) is 3.37. The van der Waals surface area contributed by atoms with E-state index in [0.29, 0.717) is 10.7 Å². The van der Waals surface area contributed by atoms with Gasteiger partial charge in [0, 0.05) is 0 Å². The van der Waals surface area contributed by atoms with Gasteiger partial charge in [0.25, 0.3) is 0 Å². The second-order valence-corrected chi connectivity index (χ2v) is 6.21. The van der Waals surface area contributed by atoms with E-state index in [9.17, 15) is 9.18 Å². The van der Waals surface area contributed by atoms with E-state index in [-0.39, 0.29) is 18.1 Å². The number of rotatable bonds is 4. The summed E-state index contributed by atoms with van der Waals surface area (Å²) >= 11 is 1.42. The van der Waals surface area contributed by atoms with Crippen molar-refractivity contribution < 1.29 is 13.9 Å². The number of nitrogens with zero attached hydrogens (tertiary/aromatic N) is 1. The summed E-state index contributed by atoms with van der Waals surface area (Å²) in [5, 5.41) is 3.31. The summed E-state index contributed by atoms with van der Waals surface area (Å²) in [6.07, 6.45) is 0.0792. The fourth-order valence-electron chi connectivity index (χ4n) is 2.25. The minimum atomic E-state index is -0.478. The number of fused-ring (bicyclic) bond motifs is 1. The number of benzene rings is 2. The molecule has 1 heterocycles. The second kappa shape index (κ2) is 6.34. The first-order valence-corrected chi connectivity index (χ1v) is 7.86. The van der Waals surface area contributed by atoms with Crippen LogP contribution < -0.4 is 10.1 Å². The molecule has 4 nitrogen and oxygen atoms in total. The molecular weight excluding hydrogens is 315 g/mol. The molecule has 0 atom stereocenters.